The van der Waals surface area contributed by atoms with E-state index in [1.807, 2.05) is 18.2 Å². The first-order chi connectivity index (χ1) is 14.3. The van der Waals surface area contributed by atoms with Gasteiger partial charge in [0.15, 0.2) is 0 Å². The fraction of sp³-hybridized carbons (Fsp3) is 0.409. The molecule has 0 radical (unpaired) electrons. The normalized spacial score (nSPS) is 16.4. The van der Waals surface area contributed by atoms with E-state index in [1.54, 1.807) is 13.8 Å². The van der Waals surface area contributed by atoms with E-state index in [9.17, 15) is 13.2 Å². The molecule has 0 bridgehead atoms. The predicted octanol–water partition coefficient (Wildman–Crippen LogP) is 4.15. The average molecular weight is 450 g/mol. The van der Waals surface area contributed by atoms with Crippen LogP contribution < -0.4 is 10.2 Å². The predicted molar refractivity (Wildman–Crippen MR) is 122 cm³/mol. The number of carbonyl (C=O) groups is 1. The van der Waals surface area contributed by atoms with Crippen LogP contribution in [0.4, 0.5) is 11.4 Å². The van der Waals surface area contributed by atoms with Crippen molar-refractivity contribution < 1.29 is 13.2 Å². The maximum atomic E-state index is 12.8. The van der Waals surface area contributed by atoms with Gasteiger partial charge in [0.25, 0.3) is 0 Å². The smallest absolute Gasteiger partial charge is 0.243 e. The molecule has 0 saturated heterocycles. The third kappa shape index (κ3) is 4.63. The Morgan fingerprint density at radius 2 is 1.90 bits per heavy atom. The van der Waals surface area contributed by atoms with Crippen LogP contribution in [0.25, 0.3) is 0 Å². The number of sulfonamides is 1. The van der Waals surface area contributed by atoms with Crippen molar-refractivity contribution in [2.75, 3.05) is 29.9 Å². The molecule has 1 amide bonds. The molecular weight excluding hydrogens is 422 g/mol. The molecule has 1 atom stereocenters. The zero-order chi connectivity index (χ0) is 21.9. The molecule has 2 aromatic rings. The number of aryl methyl sites for hydroxylation is 1. The minimum Gasteiger partial charge on any atom is -0.359 e. The first-order valence-electron chi connectivity index (χ1n) is 10.2. The Bertz CT molecular complexity index is 1020. The summed E-state index contributed by atoms with van der Waals surface area (Å²) < 4.78 is 27.0. The van der Waals surface area contributed by atoms with Gasteiger partial charge in [-0.1, -0.05) is 43.6 Å². The van der Waals surface area contributed by atoms with Crippen LogP contribution in [0, 0.1) is 0 Å². The molecule has 1 heterocycles. The number of nitrogens with one attached hydrogen (secondary N) is 1. The molecule has 8 heteroatoms. The fourth-order valence-electron chi connectivity index (χ4n) is 3.82. The minimum atomic E-state index is -3.64. The summed E-state index contributed by atoms with van der Waals surface area (Å²) in [5.41, 5.74) is 2.59. The molecule has 1 aliphatic rings. The SMILES string of the molecule is CCN(CC)S(=O)(=O)c1ccc(Cl)c(NC(=O)CN2c3ccccc3CC[C@@H]2C)c1. The van der Waals surface area contributed by atoms with Crippen LogP contribution in [0.5, 0.6) is 0 Å². The van der Waals surface area contributed by atoms with Crippen LogP contribution >= 0.6 is 11.6 Å². The van der Waals surface area contributed by atoms with Crippen LogP contribution in [-0.4, -0.2) is 44.3 Å². The van der Waals surface area contributed by atoms with E-state index in [1.165, 1.54) is 28.1 Å². The van der Waals surface area contributed by atoms with Crippen molar-refractivity contribution in [1.29, 1.82) is 0 Å². The summed E-state index contributed by atoms with van der Waals surface area (Å²) in [6.07, 6.45) is 1.97. The molecule has 1 N–H and O–H groups in total. The highest BCUT2D eigenvalue weighted by Crippen LogP contribution is 2.31. The van der Waals surface area contributed by atoms with Gasteiger partial charge in [-0.15, -0.1) is 0 Å². The van der Waals surface area contributed by atoms with Crippen LogP contribution in [-0.2, 0) is 21.2 Å². The van der Waals surface area contributed by atoms with Crippen molar-refractivity contribution in [3.8, 4) is 0 Å². The van der Waals surface area contributed by atoms with E-state index >= 15 is 0 Å². The van der Waals surface area contributed by atoms with E-state index in [2.05, 4.69) is 23.2 Å². The van der Waals surface area contributed by atoms with E-state index in [0.717, 1.165) is 18.5 Å². The van der Waals surface area contributed by atoms with Gasteiger partial charge in [-0.3, -0.25) is 4.79 Å². The number of nitrogens with zero attached hydrogens (tertiary/aromatic N) is 2. The second kappa shape index (κ2) is 9.37. The second-order valence-corrected chi connectivity index (χ2v) is 9.77. The van der Waals surface area contributed by atoms with E-state index < -0.39 is 10.0 Å². The molecule has 2 aromatic carbocycles. The third-order valence-electron chi connectivity index (χ3n) is 5.53. The summed E-state index contributed by atoms with van der Waals surface area (Å²) in [7, 11) is -3.64. The maximum Gasteiger partial charge on any atom is 0.243 e. The van der Waals surface area contributed by atoms with E-state index in [0.29, 0.717) is 23.8 Å². The summed E-state index contributed by atoms with van der Waals surface area (Å²) in [6, 6.07) is 12.7. The number of halogens is 1. The topological polar surface area (TPSA) is 69.7 Å². The van der Waals surface area contributed by atoms with Gasteiger partial charge in [0, 0.05) is 24.8 Å². The van der Waals surface area contributed by atoms with Gasteiger partial charge in [-0.05, 0) is 49.6 Å². The quantitative estimate of drug-likeness (QED) is 0.689. The number of hydrogen-bond donors (Lipinski definition) is 1. The number of rotatable bonds is 7. The van der Waals surface area contributed by atoms with Crippen molar-refractivity contribution in [2.45, 2.75) is 44.6 Å². The van der Waals surface area contributed by atoms with Crippen molar-refractivity contribution in [3.63, 3.8) is 0 Å². The van der Waals surface area contributed by atoms with Gasteiger partial charge in [-0.2, -0.15) is 4.31 Å². The third-order valence-corrected chi connectivity index (χ3v) is 7.91. The molecular formula is C22H28ClN3O3S. The van der Waals surface area contributed by atoms with Crippen molar-refractivity contribution in [2.24, 2.45) is 0 Å². The van der Waals surface area contributed by atoms with Crippen LogP contribution in [0.1, 0.15) is 32.8 Å². The number of carbonyl (C=O) groups excluding carboxylic acids is 1. The standard InChI is InChI=1S/C22H28ClN3O3S/c1-4-25(5-2)30(28,29)18-12-13-19(23)20(14-18)24-22(27)15-26-16(3)10-11-17-8-6-7-9-21(17)26/h6-9,12-14,16H,4-5,10-11,15H2,1-3H3,(H,24,27)/t16-/m0/s1. The monoisotopic (exact) mass is 449 g/mol. The lowest BCUT2D eigenvalue weighted by Gasteiger charge is -2.36. The van der Waals surface area contributed by atoms with Crippen LogP contribution in [0.2, 0.25) is 5.02 Å². The molecule has 162 valence electrons. The lowest BCUT2D eigenvalue weighted by Crippen LogP contribution is -2.42. The van der Waals surface area contributed by atoms with Gasteiger partial charge in [0.05, 0.1) is 22.2 Å². The molecule has 1 aliphatic heterocycles. The summed E-state index contributed by atoms with van der Waals surface area (Å²) in [4.78, 5) is 15.0. The highest BCUT2D eigenvalue weighted by Gasteiger charge is 2.26. The Labute approximate surface area is 183 Å². The van der Waals surface area contributed by atoms with Crippen molar-refractivity contribution in [1.82, 2.24) is 4.31 Å². The first-order valence-corrected chi connectivity index (χ1v) is 12.0. The van der Waals surface area contributed by atoms with E-state index in [-0.39, 0.29) is 23.4 Å². The lowest BCUT2D eigenvalue weighted by atomic mass is 9.96. The van der Waals surface area contributed by atoms with Crippen molar-refractivity contribution >= 4 is 38.9 Å². The lowest BCUT2D eigenvalue weighted by molar-refractivity contribution is -0.115. The van der Waals surface area contributed by atoms with Gasteiger partial charge >= 0.3 is 0 Å². The highest BCUT2D eigenvalue weighted by atomic mass is 35.5. The molecule has 0 spiro atoms. The largest absolute Gasteiger partial charge is 0.359 e. The molecule has 0 aromatic heterocycles. The number of hydrogen-bond acceptors (Lipinski definition) is 4. The molecule has 0 aliphatic carbocycles. The van der Waals surface area contributed by atoms with Crippen LogP contribution in [0.3, 0.4) is 0 Å². The molecule has 0 fully saturated rings. The van der Waals surface area contributed by atoms with Crippen molar-refractivity contribution in [3.05, 3.63) is 53.1 Å². The number of anilines is 2. The second-order valence-electron chi connectivity index (χ2n) is 7.42. The zero-order valence-corrected chi connectivity index (χ0v) is 19.1. The number of amides is 1. The summed E-state index contributed by atoms with van der Waals surface area (Å²) in [5.74, 6) is -0.238. The van der Waals surface area contributed by atoms with Gasteiger partial charge in [0.2, 0.25) is 15.9 Å². The Morgan fingerprint density at radius 1 is 1.20 bits per heavy atom. The minimum absolute atomic E-state index is 0.114. The number of benzene rings is 2. The molecule has 30 heavy (non-hydrogen) atoms. The summed E-state index contributed by atoms with van der Waals surface area (Å²) >= 11 is 6.25. The maximum absolute atomic E-state index is 12.8. The fourth-order valence-corrected chi connectivity index (χ4v) is 5.47. The average Bonchev–Trinajstić information content (AvgIpc) is 2.72. The number of fused-ring (bicyclic) bond motifs is 1. The van der Waals surface area contributed by atoms with Gasteiger partial charge in [-0.25, -0.2) is 8.42 Å². The molecule has 0 saturated carbocycles. The Hall–Kier alpha value is -2.09. The van der Waals surface area contributed by atoms with Gasteiger partial charge < -0.3 is 10.2 Å². The number of para-hydroxylation sites is 1. The molecule has 6 nitrogen and oxygen atoms in total. The first kappa shape index (κ1) is 22.6. The molecule has 0 unspecified atom stereocenters. The summed E-state index contributed by atoms with van der Waals surface area (Å²) in [5, 5.41) is 3.10. The summed E-state index contributed by atoms with van der Waals surface area (Å²) in [6.45, 7) is 6.59. The van der Waals surface area contributed by atoms with Gasteiger partial charge in [0.1, 0.15) is 0 Å². The zero-order valence-electron chi connectivity index (χ0n) is 17.6. The Morgan fingerprint density at radius 3 is 2.60 bits per heavy atom. The van der Waals surface area contributed by atoms with Crippen LogP contribution in [0.15, 0.2) is 47.4 Å². The Kier molecular flexibility index (Phi) is 7.06. The Balaban J connectivity index is 1.81. The molecule has 3 rings (SSSR count). The highest BCUT2D eigenvalue weighted by molar-refractivity contribution is 7.89. The van der Waals surface area contributed by atoms with E-state index in [4.69, 9.17) is 11.6 Å².